The second-order valence-electron chi connectivity index (χ2n) is 5.90. The third-order valence-corrected chi connectivity index (χ3v) is 4.86. The molecule has 1 heteroatoms. The molecule has 2 aliphatic rings. The van der Waals surface area contributed by atoms with Crippen LogP contribution in [0, 0.1) is 10.8 Å². The highest BCUT2D eigenvalue weighted by Crippen LogP contribution is 2.55. The average molecular weight is 208 g/mol. The van der Waals surface area contributed by atoms with Crippen molar-refractivity contribution in [3.63, 3.8) is 0 Å². The van der Waals surface area contributed by atoms with Gasteiger partial charge in [-0.25, -0.2) is 0 Å². The summed E-state index contributed by atoms with van der Waals surface area (Å²) in [5.74, 6) is 0. The molecule has 0 aromatic rings. The second kappa shape index (κ2) is 3.62. The summed E-state index contributed by atoms with van der Waals surface area (Å²) >= 11 is 0. The molecule has 1 nitrogen and oxygen atoms in total. The van der Waals surface area contributed by atoms with Crippen molar-refractivity contribution in [3.8, 4) is 0 Å². The van der Waals surface area contributed by atoms with Gasteiger partial charge in [0, 0.05) is 12.0 Å². The van der Waals surface area contributed by atoms with Crippen LogP contribution in [-0.2, 0) is 4.74 Å². The van der Waals surface area contributed by atoms with Gasteiger partial charge in [-0.1, -0.05) is 32.9 Å². The molecule has 0 N–H and O–H groups in total. The van der Waals surface area contributed by atoms with E-state index in [-0.39, 0.29) is 5.41 Å². The first kappa shape index (κ1) is 11.2. The molecule has 2 fully saturated rings. The largest absolute Gasteiger partial charge is 0.377 e. The average Bonchev–Trinajstić information content (AvgIpc) is 2.24. The molecule has 0 aromatic carbocycles. The molecule has 0 aromatic heterocycles. The zero-order valence-corrected chi connectivity index (χ0v) is 10.4. The molecule has 0 bridgehead atoms. The van der Waals surface area contributed by atoms with Gasteiger partial charge >= 0.3 is 0 Å². The molecule has 1 aliphatic carbocycles. The van der Waals surface area contributed by atoms with Gasteiger partial charge in [-0.2, -0.15) is 0 Å². The monoisotopic (exact) mass is 208 g/mol. The SMILES string of the molecule is C=C1CCC2(CC)CCCOC2C1(C)C. The lowest BCUT2D eigenvalue weighted by atomic mass is 9.56. The molecule has 1 saturated heterocycles. The molecule has 0 radical (unpaired) electrons. The summed E-state index contributed by atoms with van der Waals surface area (Å²) < 4.78 is 6.10. The van der Waals surface area contributed by atoms with Crippen molar-refractivity contribution in [3.05, 3.63) is 12.2 Å². The molecule has 1 heterocycles. The topological polar surface area (TPSA) is 9.23 Å². The van der Waals surface area contributed by atoms with Crippen molar-refractivity contribution < 1.29 is 4.74 Å². The third-order valence-electron chi connectivity index (χ3n) is 4.86. The van der Waals surface area contributed by atoms with Crippen LogP contribution in [0.4, 0.5) is 0 Å². The van der Waals surface area contributed by atoms with Crippen LogP contribution in [0.3, 0.4) is 0 Å². The van der Waals surface area contributed by atoms with E-state index >= 15 is 0 Å². The van der Waals surface area contributed by atoms with Crippen LogP contribution in [0.5, 0.6) is 0 Å². The van der Waals surface area contributed by atoms with E-state index < -0.39 is 0 Å². The van der Waals surface area contributed by atoms with Crippen molar-refractivity contribution in [1.29, 1.82) is 0 Å². The molecule has 15 heavy (non-hydrogen) atoms. The van der Waals surface area contributed by atoms with Crippen molar-refractivity contribution in [2.24, 2.45) is 10.8 Å². The predicted molar refractivity (Wildman–Crippen MR) is 63.9 cm³/mol. The van der Waals surface area contributed by atoms with E-state index in [1.165, 1.54) is 37.7 Å². The highest BCUT2D eigenvalue weighted by Gasteiger charge is 2.51. The van der Waals surface area contributed by atoms with Gasteiger partial charge in [0.05, 0.1) is 6.10 Å². The van der Waals surface area contributed by atoms with E-state index in [0.29, 0.717) is 11.5 Å². The molecule has 86 valence electrons. The maximum absolute atomic E-state index is 6.10. The van der Waals surface area contributed by atoms with Crippen LogP contribution < -0.4 is 0 Å². The molecular weight excluding hydrogens is 184 g/mol. The highest BCUT2D eigenvalue weighted by molar-refractivity contribution is 5.18. The Balaban J connectivity index is 2.32. The lowest BCUT2D eigenvalue weighted by Gasteiger charge is -2.55. The third kappa shape index (κ3) is 1.56. The minimum absolute atomic E-state index is 0.175. The van der Waals surface area contributed by atoms with Gasteiger partial charge in [0.25, 0.3) is 0 Å². The first-order valence-electron chi connectivity index (χ1n) is 6.33. The van der Waals surface area contributed by atoms with Crippen LogP contribution in [0.15, 0.2) is 12.2 Å². The van der Waals surface area contributed by atoms with Crippen LogP contribution in [0.2, 0.25) is 0 Å². The van der Waals surface area contributed by atoms with Crippen molar-refractivity contribution in [2.75, 3.05) is 6.61 Å². The molecular formula is C14H24O. The minimum Gasteiger partial charge on any atom is -0.377 e. The maximum Gasteiger partial charge on any atom is 0.0719 e. The summed E-state index contributed by atoms with van der Waals surface area (Å²) in [5.41, 5.74) is 2.01. The van der Waals surface area contributed by atoms with Gasteiger partial charge < -0.3 is 4.74 Å². The Morgan fingerprint density at radius 3 is 2.80 bits per heavy atom. The summed E-state index contributed by atoms with van der Waals surface area (Å²) in [5, 5.41) is 0. The molecule has 0 spiro atoms. The smallest absolute Gasteiger partial charge is 0.0719 e. The van der Waals surface area contributed by atoms with Crippen molar-refractivity contribution >= 4 is 0 Å². The number of fused-ring (bicyclic) bond motifs is 1. The Bertz CT molecular complexity index is 267. The number of hydrogen-bond acceptors (Lipinski definition) is 1. The molecule has 0 amide bonds. The lowest BCUT2D eigenvalue weighted by molar-refractivity contribution is -0.148. The Hall–Kier alpha value is -0.300. The quantitative estimate of drug-likeness (QED) is 0.593. The predicted octanol–water partition coefficient (Wildman–Crippen LogP) is 3.94. The van der Waals surface area contributed by atoms with Crippen LogP contribution in [0.1, 0.15) is 52.9 Å². The van der Waals surface area contributed by atoms with Crippen LogP contribution in [-0.4, -0.2) is 12.7 Å². The fraction of sp³-hybridized carbons (Fsp3) is 0.857. The van der Waals surface area contributed by atoms with E-state index in [4.69, 9.17) is 4.74 Å². The van der Waals surface area contributed by atoms with E-state index in [1.807, 2.05) is 0 Å². The van der Waals surface area contributed by atoms with E-state index in [2.05, 4.69) is 27.4 Å². The Morgan fingerprint density at radius 1 is 1.40 bits per heavy atom. The molecule has 2 atom stereocenters. The second-order valence-corrected chi connectivity index (χ2v) is 5.90. The van der Waals surface area contributed by atoms with Gasteiger partial charge in [-0.05, 0) is 37.5 Å². The summed E-state index contributed by atoms with van der Waals surface area (Å²) in [6.45, 7) is 12.1. The number of ether oxygens (including phenoxy) is 1. The first-order valence-corrected chi connectivity index (χ1v) is 6.33. The van der Waals surface area contributed by atoms with Gasteiger partial charge in [0.15, 0.2) is 0 Å². The van der Waals surface area contributed by atoms with E-state index in [0.717, 1.165) is 6.61 Å². The molecule has 1 saturated carbocycles. The minimum atomic E-state index is 0.175. The van der Waals surface area contributed by atoms with Gasteiger partial charge in [0.1, 0.15) is 0 Å². The highest BCUT2D eigenvalue weighted by atomic mass is 16.5. The van der Waals surface area contributed by atoms with Crippen molar-refractivity contribution in [2.45, 2.75) is 59.0 Å². The fourth-order valence-corrected chi connectivity index (χ4v) is 3.61. The summed E-state index contributed by atoms with van der Waals surface area (Å²) in [6, 6.07) is 0. The zero-order valence-electron chi connectivity index (χ0n) is 10.4. The molecule has 1 aliphatic heterocycles. The maximum atomic E-state index is 6.10. The zero-order chi connectivity index (χ0) is 11.1. The standard InChI is InChI=1S/C14H24O/c1-5-14-8-6-10-15-12(14)13(3,4)11(2)7-9-14/h12H,2,5-10H2,1,3-4H3. The molecule has 2 unspecified atom stereocenters. The van der Waals surface area contributed by atoms with Crippen molar-refractivity contribution in [1.82, 2.24) is 0 Å². The van der Waals surface area contributed by atoms with E-state index in [1.54, 1.807) is 0 Å². The summed E-state index contributed by atoms with van der Waals surface area (Å²) in [7, 11) is 0. The number of rotatable bonds is 1. The molecule has 2 rings (SSSR count). The Morgan fingerprint density at radius 2 is 2.13 bits per heavy atom. The first-order chi connectivity index (χ1) is 7.03. The van der Waals surface area contributed by atoms with Gasteiger partial charge in [0.2, 0.25) is 0 Å². The van der Waals surface area contributed by atoms with Crippen LogP contribution >= 0.6 is 0 Å². The normalized spacial score (nSPS) is 39.9. The summed E-state index contributed by atoms with van der Waals surface area (Å²) in [4.78, 5) is 0. The fourth-order valence-electron chi connectivity index (χ4n) is 3.61. The van der Waals surface area contributed by atoms with E-state index in [9.17, 15) is 0 Å². The lowest BCUT2D eigenvalue weighted by Crippen LogP contribution is -2.53. The number of hydrogen-bond donors (Lipinski definition) is 0. The summed E-state index contributed by atoms with van der Waals surface area (Å²) in [6.07, 6.45) is 6.74. The van der Waals surface area contributed by atoms with Gasteiger partial charge in [-0.3, -0.25) is 0 Å². The van der Waals surface area contributed by atoms with Crippen LogP contribution in [0.25, 0.3) is 0 Å². The van der Waals surface area contributed by atoms with Gasteiger partial charge in [-0.15, -0.1) is 0 Å². The Labute approximate surface area is 93.9 Å². The Kier molecular flexibility index (Phi) is 2.70.